The molecule has 5 heteroatoms. The zero-order chi connectivity index (χ0) is 14.1. The second-order valence-electron chi connectivity index (χ2n) is 5.09. The summed E-state index contributed by atoms with van der Waals surface area (Å²) in [6.07, 6.45) is 2.61. The fourth-order valence-electron chi connectivity index (χ4n) is 2.37. The number of carbonyl (C=O) groups is 1. The Balaban J connectivity index is 1.75. The van der Waals surface area contributed by atoms with Gasteiger partial charge in [-0.15, -0.1) is 11.3 Å². The lowest BCUT2D eigenvalue weighted by Crippen LogP contribution is -2.34. The Labute approximate surface area is 122 Å². The summed E-state index contributed by atoms with van der Waals surface area (Å²) in [4.78, 5) is 19.8. The summed E-state index contributed by atoms with van der Waals surface area (Å²) in [5.41, 5.74) is 0.762. The number of amides is 1. The van der Waals surface area contributed by atoms with Gasteiger partial charge >= 0.3 is 0 Å². The number of aromatic nitrogens is 1. The second-order valence-corrected chi connectivity index (χ2v) is 6.03. The highest BCUT2D eigenvalue weighted by molar-refractivity contribution is 7.13. The van der Waals surface area contributed by atoms with Crippen molar-refractivity contribution < 1.29 is 9.21 Å². The highest BCUT2D eigenvalue weighted by Gasteiger charge is 2.31. The van der Waals surface area contributed by atoms with Crippen molar-refractivity contribution in [2.24, 2.45) is 0 Å². The number of thiophene rings is 1. The van der Waals surface area contributed by atoms with Crippen LogP contribution < -0.4 is 0 Å². The molecule has 106 valence electrons. The van der Waals surface area contributed by atoms with E-state index in [4.69, 9.17) is 4.42 Å². The predicted molar refractivity (Wildman–Crippen MR) is 78.7 cm³/mol. The molecule has 0 radical (unpaired) electrons. The van der Waals surface area contributed by atoms with Gasteiger partial charge in [0.05, 0.1) is 17.0 Å². The molecule has 2 aromatic rings. The number of aryl methyl sites for hydroxylation is 1. The Hall–Kier alpha value is -1.62. The summed E-state index contributed by atoms with van der Waals surface area (Å²) >= 11 is 1.59. The number of hydrogen-bond acceptors (Lipinski definition) is 4. The summed E-state index contributed by atoms with van der Waals surface area (Å²) in [7, 11) is 0. The standard InChI is InChI=1S/C15H18N2O2S/c1-3-17(11-6-7-11)14(18)9-12-10(2)19-15(16-12)13-5-4-8-20-13/h4-5,8,11H,3,6-7,9H2,1-2H3. The van der Waals surface area contributed by atoms with Gasteiger partial charge in [0.1, 0.15) is 5.76 Å². The van der Waals surface area contributed by atoms with E-state index in [1.54, 1.807) is 11.3 Å². The van der Waals surface area contributed by atoms with Gasteiger partial charge in [-0.2, -0.15) is 0 Å². The van der Waals surface area contributed by atoms with E-state index < -0.39 is 0 Å². The van der Waals surface area contributed by atoms with Gasteiger partial charge in [-0.1, -0.05) is 6.07 Å². The van der Waals surface area contributed by atoms with Crippen LogP contribution in [0.25, 0.3) is 10.8 Å². The molecule has 4 nitrogen and oxygen atoms in total. The molecular formula is C15H18N2O2S. The van der Waals surface area contributed by atoms with Crippen molar-refractivity contribution >= 4 is 17.2 Å². The van der Waals surface area contributed by atoms with E-state index in [0.717, 1.165) is 35.7 Å². The third-order valence-electron chi connectivity index (χ3n) is 3.59. The van der Waals surface area contributed by atoms with Gasteiger partial charge in [-0.05, 0) is 38.1 Å². The maximum Gasteiger partial charge on any atom is 0.236 e. The molecule has 1 fully saturated rings. The second kappa shape index (κ2) is 5.40. The smallest absolute Gasteiger partial charge is 0.236 e. The van der Waals surface area contributed by atoms with Crippen LogP contribution in [0.4, 0.5) is 0 Å². The predicted octanol–water partition coefficient (Wildman–Crippen LogP) is 3.26. The van der Waals surface area contributed by atoms with Crippen molar-refractivity contribution in [2.45, 2.75) is 39.2 Å². The number of nitrogens with zero attached hydrogens (tertiary/aromatic N) is 2. The molecule has 0 atom stereocenters. The van der Waals surface area contributed by atoms with Gasteiger partial charge in [0.25, 0.3) is 0 Å². The minimum atomic E-state index is 0.157. The molecule has 1 aliphatic carbocycles. The number of likely N-dealkylation sites (N-methyl/N-ethyl adjacent to an activating group) is 1. The van der Waals surface area contributed by atoms with Crippen LogP contribution in [0.2, 0.25) is 0 Å². The van der Waals surface area contributed by atoms with Gasteiger partial charge in [0, 0.05) is 12.6 Å². The van der Waals surface area contributed by atoms with Crippen LogP contribution >= 0.6 is 11.3 Å². The van der Waals surface area contributed by atoms with E-state index in [1.165, 1.54) is 0 Å². The average molecular weight is 290 g/mol. The zero-order valence-electron chi connectivity index (χ0n) is 11.8. The number of hydrogen-bond donors (Lipinski definition) is 0. The van der Waals surface area contributed by atoms with Crippen LogP contribution in [0.15, 0.2) is 21.9 Å². The molecule has 0 aliphatic heterocycles. The highest BCUT2D eigenvalue weighted by atomic mass is 32.1. The Morgan fingerprint density at radius 3 is 2.95 bits per heavy atom. The van der Waals surface area contributed by atoms with E-state index >= 15 is 0 Å². The summed E-state index contributed by atoms with van der Waals surface area (Å²) < 4.78 is 5.68. The van der Waals surface area contributed by atoms with Crippen molar-refractivity contribution in [3.05, 3.63) is 29.0 Å². The number of carbonyl (C=O) groups excluding carboxylic acids is 1. The van der Waals surface area contributed by atoms with Crippen molar-refractivity contribution in [3.8, 4) is 10.8 Å². The lowest BCUT2D eigenvalue weighted by Gasteiger charge is -2.19. The quantitative estimate of drug-likeness (QED) is 0.849. The topological polar surface area (TPSA) is 46.3 Å². The van der Waals surface area contributed by atoms with Gasteiger partial charge in [-0.3, -0.25) is 4.79 Å². The molecule has 0 N–H and O–H groups in total. The molecule has 0 saturated heterocycles. The van der Waals surface area contributed by atoms with E-state index in [0.29, 0.717) is 18.4 Å². The minimum absolute atomic E-state index is 0.157. The maximum absolute atomic E-state index is 12.3. The minimum Gasteiger partial charge on any atom is -0.440 e. The van der Waals surface area contributed by atoms with Crippen molar-refractivity contribution in [3.63, 3.8) is 0 Å². The van der Waals surface area contributed by atoms with E-state index in [2.05, 4.69) is 4.98 Å². The van der Waals surface area contributed by atoms with E-state index in [-0.39, 0.29) is 5.91 Å². The molecule has 2 aromatic heterocycles. The Kier molecular flexibility index (Phi) is 3.61. The monoisotopic (exact) mass is 290 g/mol. The number of oxazole rings is 1. The van der Waals surface area contributed by atoms with Crippen molar-refractivity contribution in [1.82, 2.24) is 9.88 Å². The molecule has 1 saturated carbocycles. The molecule has 0 bridgehead atoms. The summed E-state index contributed by atoms with van der Waals surface area (Å²) in [6.45, 7) is 4.68. The summed E-state index contributed by atoms with van der Waals surface area (Å²) in [5.74, 6) is 1.52. The van der Waals surface area contributed by atoms with Crippen LogP contribution in [0.1, 0.15) is 31.2 Å². The van der Waals surface area contributed by atoms with Crippen LogP contribution in [0.5, 0.6) is 0 Å². The molecule has 1 aliphatic rings. The van der Waals surface area contributed by atoms with Crippen LogP contribution in [0, 0.1) is 6.92 Å². The molecule has 20 heavy (non-hydrogen) atoms. The fourth-order valence-corrected chi connectivity index (χ4v) is 3.02. The Morgan fingerprint density at radius 2 is 2.35 bits per heavy atom. The lowest BCUT2D eigenvalue weighted by molar-refractivity contribution is -0.130. The SMILES string of the molecule is CCN(C(=O)Cc1nc(-c2cccs2)oc1C)C1CC1. The molecule has 2 heterocycles. The molecule has 0 aromatic carbocycles. The number of rotatable bonds is 5. The molecule has 3 rings (SSSR count). The summed E-state index contributed by atoms with van der Waals surface area (Å²) in [6, 6.07) is 4.40. The highest BCUT2D eigenvalue weighted by Crippen LogP contribution is 2.29. The van der Waals surface area contributed by atoms with Crippen molar-refractivity contribution in [2.75, 3.05) is 6.54 Å². The van der Waals surface area contributed by atoms with Gasteiger partial charge in [-0.25, -0.2) is 4.98 Å². The largest absolute Gasteiger partial charge is 0.440 e. The molecule has 0 spiro atoms. The van der Waals surface area contributed by atoms with Crippen LogP contribution in [-0.4, -0.2) is 28.4 Å². The first-order chi connectivity index (χ1) is 9.69. The molecule has 0 unspecified atom stereocenters. The third-order valence-corrected chi connectivity index (χ3v) is 4.45. The lowest BCUT2D eigenvalue weighted by atomic mass is 10.2. The fraction of sp³-hybridized carbons (Fsp3) is 0.467. The van der Waals surface area contributed by atoms with Gasteiger partial charge in [0.15, 0.2) is 0 Å². The van der Waals surface area contributed by atoms with E-state index in [9.17, 15) is 4.79 Å². The van der Waals surface area contributed by atoms with Crippen LogP contribution in [-0.2, 0) is 11.2 Å². The Morgan fingerprint density at radius 1 is 1.55 bits per heavy atom. The third kappa shape index (κ3) is 2.63. The first-order valence-corrected chi connectivity index (χ1v) is 7.86. The van der Waals surface area contributed by atoms with Gasteiger partial charge < -0.3 is 9.32 Å². The normalized spacial score (nSPS) is 14.5. The van der Waals surface area contributed by atoms with Crippen LogP contribution in [0.3, 0.4) is 0 Å². The summed E-state index contributed by atoms with van der Waals surface area (Å²) in [5, 5.41) is 1.99. The first kappa shape index (κ1) is 13.4. The molecular weight excluding hydrogens is 272 g/mol. The van der Waals surface area contributed by atoms with E-state index in [1.807, 2.05) is 36.3 Å². The molecule has 1 amide bonds. The Bertz CT molecular complexity index is 599. The van der Waals surface area contributed by atoms with Crippen molar-refractivity contribution in [1.29, 1.82) is 0 Å². The first-order valence-electron chi connectivity index (χ1n) is 6.98. The van der Waals surface area contributed by atoms with Gasteiger partial charge in [0.2, 0.25) is 11.8 Å². The maximum atomic E-state index is 12.3. The average Bonchev–Trinajstić information content (AvgIpc) is 2.98. The zero-order valence-corrected chi connectivity index (χ0v) is 12.6.